The second-order valence-electron chi connectivity index (χ2n) is 4.13. The Balaban J connectivity index is 2.16. The fraction of sp³-hybridized carbons (Fsp3) is 0.188. The standard InChI is InChI=1S/C16H16O4/c1-18-13-8-6-12(7-9-13)16(11-17)20-15-5-3-4-14(10-15)19-2/h3-11,16H,1-2H3. The number of carbonyl (C=O) groups is 1. The van der Waals surface area contributed by atoms with Gasteiger partial charge < -0.3 is 14.2 Å². The van der Waals surface area contributed by atoms with Crippen molar-refractivity contribution in [3.8, 4) is 17.2 Å². The molecular weight excluding hydrogens is 256 g/mol. The van der Waals surface area contributed by atoms with Crippen LogP contribution in [0.3, 0.4) is 0 Å². The van der Waals surface area contributed by atoms with Crippen LogP contribution in [-0.2, 0) is 4.79 Å². The number of hydrogen-bond donors (Lipinski definition) is 0. The van der Waals surface area contributed by atoms with Crippen molar-refractivity contribution in [3.05, 3.63) is 54.1 Å². The normalized spacial score (nSPS) is 11.5. The van der Waals surface area contributed by atoms with Crippen molar-refractivity contribution in [1.82, 2.24) is 0 Å². The largest absolute Gasteiger partial charge is 0.497 e. The van der Waals surface area contributed by atoms with E-state index in [1.807, 2.05) is 12.1 Å². The minimum atomic E-state index is -0.659. The molecule has 0 amide bonds. The Bertz CT molecular complexity index is 563. The number of methoxy groups -OCH3 is 2. The average molecular weight is 272 g/mol. The molecule has 1 unspecified atom stereocenters. The van der Waals surface area contributed by atoms with E-state index < -0.39 is 6.10 Å². The van der Waals surface area contributed by atoms with Crippen molar-refractivity contribution in [3.63, 3.8) is 0 Å². The summed E-state index contributed by atoms with van der Waals surface area (Å²) in [6.45, 7) is 0. The topological polar surface area (TPSA) is 44.8 Å². The molecule has 0 aromatic heterocycles. The summed E-state index contributed by atoms with van der Waals surface area (Å²) < 4.78 is 15.9. The van der Waals surface area contributed by atoms with E-state index in [1.54, 1.807) is 50.6 Å². The lowest BCUT2D eigenvalue weighted by Gasteiger charge is -2.14. The molecule has 2 rings (SSSR count). The predicted molar refractivity (Wildman–Crippen MR) is 75.4 cm³/mol. The first-order valence-electron chi connectivity index (χ1n) is 6.17. The zero-order valence-corrected chi connectivity index (χ0v) is 11.4. The van der Waals surface area contributed by atoms with Gasteiger partial charge in [0.25, 0.3) is 0 Å². The highest BCUT2D eigenvalue weighted by Gasteiger charge is 2.12. The third-order valence-electron chi connectivity index (χ3n) is 2.87. The molecule has 20 heavy (non-hydrogen) atoms. The summed E-state index contributed by atoms with van der Waals surface area (Å²) in [6, 6.07) is 14.3. The molecule has 0 radical (unpaired) electrons. The van der Waals surface area contributed by atoms with Gasteiger partial charge in [0.1, 0.15) is 17.2 Å². The third kappa shape index (κ3) is 3.29. The lowest BCUT2D eigenvalue weighted by molar-refractivity contribution is -0.113. The van der Waals surface area contributed by atoms with Gasteiger partial charge in [0.2, 0.25) is 0 Å². The number of ether oxygens (including phenoxy) is 3. The van der Waals surface area contributed by atoms with Crippen LogP contribution in [0.4, 0.5) is 0 Å². The lowest BCUT2D eigenvalue weighted by atomic mass is 10.1. The highest BCUT2D eigenvalue weighted by Crippen LogP contribution is 2.25. The molecule has 2 aromatic carbocycles. The summed E-state index contributed by atoms with van der Waals surface area (Å²) in [5.41, 5.74) is 0.767. The highest BCUT2D eigenvalue weighted by atomic mass is 16.5. The maximum Gasteiger partial charge on any atom is 0.179 e. The van der Waals surface area contributed by atoms with E-state index in [-0.39, 0.29) is 0 Å². The molecule has 104 valence electrons. The molecule has 0 saturated heterocycles. The van der Waals surface area contributed by atoms with Crippen molar-refractivity contribution in [2.45, 2.75) is 6.10 Å². The van der Waals surface area contributed by atoms with Crippen LogP contribution in [0.5, 0.6) is 17.2 Å². The summed E-state index contributed by atoms with van der Waals surface area (Å²) in [5.74, 6) is 2.00. The smallest absolute Gasteiger partial charge is 0.179 e. The molecule has 4 heteroatoms. The Labute approximate surface area is 117 Å². The average Bonchev–Trinajstić information content (AvgIpc) is 2.53. The van der Waals surface area contributed by atoms with Crippen LogP contribution >= 0.6 is 0 Å². The summed E-state index contributed by atoms with van der Waals surface area (Å²) in [6.07, 6.45) is 0.106. The predicted octanol–water partition coefficient (Wildman–Crippen LogP) is 3.02. The Morgan fingerprint density at radius 1 is 0.900 bits per heavy atom. The van der Waals surface area contributed by atoms with Crippen LogP contribution in [0.25, 0.3) is 0 Å². The van der Waals surface area contributed by atoms with Gasteiger partial charge >= 0.3 is 0 Å². The van der Waals surface area contributed by atoms with Crippen LogP contribution in [-0.4, -0.2) is 20.5 Å². The van der Waals surface area contributed by atoms with E-state index in [2.05, 4.69) is 0 Å². The molecule has 0 bridgehead atoms. The number of benzene rings is 2. The van der Waals surface area contributed by atoms with Gasteiger partial charge in [-0.25, -0.2) is 0 Å². The first kappa shape index (κ1) is 13.9. The second-order valence-corrected chi connectivity index (χ2v) is 4.13. The van der Waals surface area contributed by atoms with Gasteiger partial charge in [-0.1, -0.05) is 18.2 Å². The van der Waals surface area contributed by atoms with Gasteiger partial charge in [0.05, 0.1) is 14.2 Å². The molecule has 0 aliphatic rings. The summed E-state index contributed by atoms with van der Waals surface area (Å²) >= 11 is 0. The highest BCUT2D eigenvalue weighted by molar-refractivity contribution is 5.61. The van der Waals surface area contributed by atoms with Crippen molar-refractivity contribution < 1.29 is 19.0 Å². The van der Waals surface area contributed by atoms with E-state index >= 15 is 0 Å². The molecule has 0 fully saturated rings. The van der Waals surface area contributed by atoms with Crippen molar-refractivity contribution in [2.24, 2.45) is 0 Å². The van der Waals surface area contributed by atoms with E-state index in [1.165, 1.54) is 0 Å². The van der Waals surface area contributed by atoms with E-state index in [0.717, 1.165) is 17.6 Å². The van der Waals surface area contributed by atoms with Gasteiger partial charge in [-0.3, -0.25) is 4.79 Å². The number of rotatable bonds is 6. The first-order chi connectivity index (χ1) is 9.76. The molecule has 0 spiro atoms. The summed E-state index contributed by atoms with van der Waals surface area (Å²) in [7, 11) is 3.18. The fourth-order valence-corrected chi connectivity index (χ4v) is 1.79. The number of carbonyl (C=O) groups excluding carboxylic acids is 1. The molecule has 0 heterocycles. The maximum atomic E-state index is 11.2. The van der Waals surface area contributed by atoms with Crippen LogP contribution in [0.2, 0.25) is 0 Å². The van der Waals surface area contributed by atoms with Crippen molar-refractivity contribution in [2.75, 3.05) is 14.2 Å². The Hall–Kier alpha value is -2.49. The lowest BCUT2D eigenvalue weighted by Crippen LogP contribution is -2.08. The van der Waals surface area contributed by atoms with Crippen LogP contribution in [0, 0.1) is 0 Å². The van der Waals surface area contributed by atoms with Gasteiger partial charge in [-0.05, 0) is 29.8 Å². The molecule has 2 aromatic rings. The maximum absolute atomic E-state index is 11.2. The van der Waals surface area contributed by atoms with Gasteiger partial charge in [-0.2, -0.15) is 0 Å². The van der Waals surface area contributed by atoms with Crippen molar-refractivity contribution in [1.29, 1.82) is 0 Å². The van der Waals surface area contributed by atoms with E-state index in [4.69, 9.17) is 14.2 Å². The number of hydrogen-bond acceptors (Lipinski definition) is 4. The molecule has 0 aliphatic carbocycles. The fourth-order valence-electron chi connectivity index (χ4n) is 1.79. The van der Waals surface area contributed by atoms with E-state index in [0.29, 0.717) is 11.5 Å². The van der Waals surface area contributed by atoms with Gasteiger partial charge in [0.15, 0.2) is 12.4 Å². The third-order valence-corrected chi connectivity index (χ3v) is 2.87. The van der Waals surface area contributed by atoms with Crippen LogP contribution < -0.4 is 14.2 Å². The SMILES string of the molecule is COc1ccc(C(C=O)Oc2cccc(OC)c2)cc1. The molecule has 0 N–H and O–H groups in total. The molecule has 4 nitrogen and oxygen atoms in total. The van der Waals surface area contributed by atoms with E-state index in [9.17, 15) is 4.79 Å². The molecule has 0 saturated carbocycles. The quantitative estimate of drug-likeness (QED) is 0.758. The van der Waals surface area contributed by atoms with Crippen LogP contribution in [0.1, 0.15) is 11.7 Å². The summed E-state index contributed by atoms with van der Waals surface area (Å²) in [5, 5.41) is 0. The Morgan fingerprint density at radius 2 is 1.55 bits per heavy atom. The van der Waals surface area contributed by atoms with Gasteiger partial charge in [0, 0.05) is 6.07 Å². The minimum Gasteiger partial charge on any atom is -0.497 e. The summed E-state index contributed by atoms with van der Waals surface area (Å²) in [4.78, 5) is 11.2. The first-order valence-corrected chi connectivity index (χ1v) is 6.17. The van der Waals surface area contributed by atoms with Crippen molar-refractivity contribution >= 4 is 6.29 Å². The molecular formula is C16H16O4. The second kappa shape index (κ2) is 6.61. The van der Waals surface area contributed by atoms with Gasteiger partial charge in [-0.15, -0.1) is 0 Å². The molecule has 0 aliphatic heterocycles. The Morgan fingerprint density at radius 3 is 2.15 bits per heavy atom. The monoisotopic (exact) mass is 272 g/mol. The zero-order valence-electron chi connectivity index (χ0n) is 11.4. The number of aldehydes is 1. The Kier molecular flexibility index (Phi) is 4.60. The zero-order chi connectivity index (χ0) is 14.4. The van der Waals surface area contributed by atoms with Crippen LogP contribution in [0.15, 0.2) is 48.5 Å². The molecule has 1 atom stereocenters. The minimum absolute atomic E-state index is 0.581.